The zero-order valence-electron chi connectivity index (χ0n) is 22.9. The van der Waals surface area contributed by atoms with Gasteiger partial charge in [0.2, 0.25) is 0 Å². The van der Waals surface area contributed by atoms with E-state index in [0.717, 1.165) is 24.2 Å². The summed E-state index contributed by atoms with van der Waals surface area (Å²) in [7, 11) is 1.52. The van der Waals surface area contributed by atoms with E-state index < -0.39 is 6.10 Å². The van der Waals surface area contributed by atoms with Crippen LogP contribution in [-0.4, -0.2) is 39.0 Å². The zero-order valence-corrected chi connectivity index (χ0v) is 22.9. The minimum absolute atomic E-state index is 0.162. The van der Waals surface area contributed by atoms with Crippen LogP contribution in [0.4, 0.5) is 0 Å². The van der Waals surface area contributed by atoms with Crippen LogP contribution in [0.3, 0.4) is 0 Å². The fourth-order valence-corrected chi connectivity index (χ4v) is 4.81. The summed E-state index contributed by atoms with van der Waals surface area (Å²) in [5, 5.41) is 0. The van der Waals surface area contributed by atoms with Crippen LogP contribution >= 0.6 is 0 Å². The van der Waals surface area contributed by atoms with Gasteiger partial charge in [0.05, 0.1) is 13.2 Å². The lowest BCUT2D eigenvalue weighted by atomic mass is 9.93. The number of benzene rings is 3. The Morgan fingerprint density at radius 3 is 2.37 bits per heavy atom. The molecule has 0 saturated carbocycles. The molecule has 200 valence electrons. The van der Waals surface area contributed by atoms with Gasteiger partial charge < -0.3 is 18.9 Å². The second kappa shape index (κ2) is 13.4. The molecule has 38 heavy (non-hydrogen) atoms. The molecule has 0 N–H and O–H groups in total. The molecule has 1 aliphatic rings. The average Bonchev–Trinajstić information content (AvgIpc) is 3.07. The molecule has 0 amide bonds. The van der Waals surface area contributed by atoms with Gasteiger partial charge in [-0.1, -0.05) is 79.6 Å². The van der Waals surface area contributed by atoms with E-state index in [1.165, 1.54) is 40.5 Å². The van der Waals surface area contributed by atoms with Gasteiger partial charge in [0.1, 0.15) is 18.5 Å². The quantitative estimate of drug-likeness (QED) is 0.198. The van der Waals surface area contributed by atoms with Crippen molar-refractivity contribution in [3.05, 3.63) is 99.6 Å². The zero-order chi connectivity index (χ0) is 26.9. The molecular formula is C33H38O5. The van der Waals surface area contributed by atoms with E-state index in [9.17, 15) is 4.79 Å². The summed E-state index contributed by atoms with van der Waals surface area (Å²) in [4.78, 5) is 12.0. The van der Waals surface area contributed by atoms with Crippen molar-refractivity contribution in [1.82, 2.24) is 0 Å². The van der Waals surface area contributed by atoms with Crippen molar-refractivity contribution < 1.29 is 23.7 Å². The number of ether oxygens (including phenoxy) is 4. The largest absolute Gasteiger partial charge is 0.491 e. The molecule has 3 aromatic carbocycles. The number of hydrogen-bond donors (Lipinski definition) is 0. The Bertz CT molecular complexity index is 1240. The molecule has 2 unspecified atom stereocenters. The molecule has 0 bridgehead atoms. The van der Waals surface area contributed by atoms with Gasteiger partial charge in [0.15, 0.2) is 6.10 Å². The topological polar surface area (TPSA) is 54.0 Å². The van der Waals surface area contributed by atoms with Gasteiger partial charge in [-0.15, -0.1) is 0 Å². The molecule has 0 radical (unpaired) electrons. The highest BCUT2D eigenvalue weighted by molar-refractivity contribution is 5.77. The standard InChI is InChI=1S/C33H38O5/c1-5-7-24-11-17-29-27(21-24)14-13-26-12-8-23(3)20-30(26)32(29)38-19-18-37-28-15-9-25(10-16-28)22-31(35-4)33(34)36-6-2/h8-17,20-21,31-32H,5-7,18-19,22H2,1-4H3. The van der Waals surface area contributed by atoms with E-state index >= 15 is 0 Å². The first-order chi connectivity index (χ1) is 18.5. The molecule has 0 saturated heterocycles. The smallest absolute Gasteiger partial charge is 0.335 e. The van der Waals surface area contributed by atoms with Gasteiger partial charge in [0, 0.05) is 13.5 Å². The van der Waals surface area contributed by atoms with Crippen LogP contribution in [0.2, 0.25) is 0 Å². The summed E-state index contributed by atoms with van der Waals surface area (Å²) < 4.78 is 22.9. The van der Waals surface area contributed by atoms with Crippen molar-refractivity contribution in [2.45, 2.75) is 52.2 Å². The predicted molar refractivity (Wildman–Crippen MR) is 151 cm³/mol. The third-order valence-electron chi connectivity index (χ3n) is 6.75. The van der Waals surface area contributed by atoms with Crippen molar-refractivity contribution >= 4 is 18.1 Å². The first-order valence-electron chi connectivity index (χ1n) is 13.5. The molecule has 2 atom stereocenters. The highest BCUT2D eigenvalue weighted by Crippen LogP contribution is 2.36. The van der Waals surface area contributed by atoms with E-state index in [1.54, 1.807) is 6.92 Å². The highest BCUT2D eigenvalue weighted by Gasteiger charge is 2.23. The van der Waals surface area contributed by atoms with E-state index in [2.05, 4.69) is 62.4 Å². The molecule has 0 aliphatic heterocycles. The molecule has 4 rings (SSSR count). The van der Waals surface area contributed by atoms with Crippen molar-refractivity contribution in [1.29, 1.82) is 0 Å². The summed E-state index contributed by atoms with van der Waals surface area (Å²) in [6.45, 7) is 7.32. The van der Waals surface area contributed by atoms with Crippen molar-refractivity contribution in [3.63, 3.8) is 0 Å². The van der Waals surface area contributed by atoms with Gasteiger partial charge in [-0.3, -0.25) is 0 Å². The summed E-state index contributed by atoms with van der Waals surface area (Å²) >= 11 is 0. The Balaban J connectivity index is 1.40. The van der Waals surface area contributed by atoms with E-state index in [4.69, 9.17) is 18.9 Å². The third kappa shape index (κ3) is 6.91. The van der Waals surface area contributed by atoms with Gasteiger partial charge >= 0.3 is 5.97 Å². The SMILES string of the molecule is CCCc1ccc2c(c1)C=Cc1ccc(C)cc1C2OCCOc1ccc(CC(OC)C(=O)OCC)cc1. The number of hydrogen-bond acceptors (Lipinski definition) is 5. The lowest BCUT2D eigenvalue weighted by Crippen LogP contribution is -2.27. The Morgan fingerprint density at radius 1 is 0.868 bits per heavy atom. The van der Waals surface area contributed by atoms with Gasteiger partial charge in [-0.2, -0.15) is 0 Å². The molecule has 0 heterocycles. The Kier molecular flexibility index (Phi) is 9.74. The molecular weight excluding hydrogens is 476 g/mol. The number of rotatable bonds is 12. The summed E-state index contributed by atoms with van der Waals surface area (Å²) in [5.41, 5.74) is 8.30. The van der Waals surface area contributed by atoms with Crippen LogP contribution in [0.1, 0.15) is 65.3 Å². The second-order valence-corrected chi connectivity index (χ2v) is 9.60. The average molecular weight is 515 g/mol. The fraction of sp³-hybridized carbons (Fsp3) is 0.364. The summed E-state index contributed by atoms with van der Waals surface area (Å²) in [6, 6.07) is 21.0. The maximum absolute atomic E-state index is 12.0. The van der Waals surface area contributed by atoms with Crippen LogP contribution < -0.4 is 4.74 Å². The lowest BCUT2D eigenvalue weighted by Gasteiger charge is -2.22. The van der Waals surface area contributed by atoms with Crippen LogP contribution in [0, 0.1) is 6.92 Å². The molecule has 0 spiro atoms. The molecule has 0 fully saturated rings. The van der Waals surface area contributed by atoms with Crippen LogP contribution in [0.5, 0.6) is 5.75 Å². The van der Waals surface area contributed by atoms with Crippen LogP contribution in [0.15, 0.2) is 60.7 Å². The minimum atomic E-state index is -0.614. The lowest BCUT2D eigenvalue weighted by molar-refractivity contribution is -0.154. The maximum atomic E-state index is 12.0. The molecule has 5 heteroatoms. The summed E-state index contributed by atoms with van der Waals surface area (Å²) in [5.74, 6) is 0.409. The van der Waals surface area contributed by atoms with E-state index in [-0.39, 0.29) is 12.1 Å². The first kappa shape index (κ1) is 27.6. The van der Waals surface area contributed by atoms with Gasteiger partial charge in [-0.25, -0.2) is 4.79 Å². The minimum Gasteiger partial charge on any atom is -0.491 e. The normalized spacial score (nSPS) is 14.8. The Labute approximate surface area is 226 Å². The number of carbonyl (C=O) groups is 1. The summed E-state index contributed by atoms with van der Waals surface area (Å²) in [6.07, 6.45) is 6.27. The van der Waals surface area contributed by atoms with Crippen molar-refractivity contribution in [3.8, 4) is 5.75 Å². The number of methoxy groups -OCH3 is 1. The molecule has 3 aromatic rings. The highest BCUT2D eigenvalue weighted by atomic mass is 16.6. The van der Waals surface area contributed by atoms with Gasteiger partial charge in [-0.05, 0) is 65.8 Å². The molecule has 1 aliphatic carbocycles. The van der Waals surface area contributed by atoms with E-state index in [1.807, 2.05) is 24.3 Å². The van der Waals surface area contributed by atoms with E-state index in [0.29, 0.717) is 26.2 Å². The Morgan fingerprint density at radius 2 is 1.63 bits per heavy atom. The third-order valence-corrected chi connectivity index (χ3v) is 6.75. The first-order valence-corrected chi connectivity index (χ1v) is 13.5. The number of carbonyl (C=O) groups excluding carboxylic acids is 1. The number of fused-ring (bicyclic) bond motifs is 2. The molecule has 0 aromatic heterocycles. The monoisotopic (exact) mass is 514 g/mol. The van der Waals surface area contributed by atoms with Crippen LogP contribution in [-0.2, 0) is 31.8 Å². The maximum Gasteiger partial charge on any atom is 0.335 e. The Hall–Kier alpha value is -3.41. The second-order valence-electron chi connectivity index (χ2n) is 9.60. The number of aryl methyl sites for hydroxylation is 2. The van der Waals surface area contributed by atoms with Gasteiger partial charge in [0.25, 0.3) is 0 Å². The molecule has 5 nitrogen and oxygen atoms in total. The predicted octanol–water partition coefficient (Wildman–Crippen LogP) is 6.74. The number of esters is 1. The van der Waals surface area contributed by atoms with Crippen LogP contribution in [0.25, 0.3) is 12.2 Å². The van der Waals surface area contributed by atoms with Crippen molar-refractivity contribution in [2.24, 2.45) is 0 Å². The van der Waals surface area contributed by atoms with Crippen molar-refractivity contribution in [2.75, 3.05) is 26.9 Å². The fourth-order valence-electron chi connectivity index (χ4n) is 4.81.